The van der Waals surface area contributed by atoms with Crippen molar-refractivity contribution < 1.29 is 4.79 Å². The Kier molecular flexibility index (Phi) is 17.0. The van der Waals surface area contributed by atoms with E-state index in [0.29, 0.717) is 6.54 Å². The van der Waals surface area contributed by atoms with Gasteiger partial charge in [-0.05, 0) is 13.3 Å². The van der Waals surface area contributed by atoms with Crippen LogP contribution in [0.4, 0.5) is 4.79 Å². The topological polar surface area (TPSA) is 70.2 Å². The van der Waals surface area contributed by atoms with Crippen molar-refractivity contribution in [3.05, 3.63) is 0 Å². The summed E-state index contributed by atoms with van der Waals surface area (Å²) >= 11 is 0. The van der Waals surface area contributed by atoms with E-state index in [-0.39, 0.29) is 5.84 Å². The molecule has 0 aliphatic carbocycles. The summed E-state index contributed by atoms with van der Waals surface area (Å²) in [6.07, 6.45) is 21.4. The lowest BCUT2D eigenvalue weighted by molar-refractivity contribution is 0.228. The van der Waals surface area contributed by atoms with Crippen molar-refractivity contribution in [3.8, 4) is 0 Å². The molecule has 0 unspecified atom stereocenters. The first kappa shape index (κ1) is 23.9. The zero-order valence-corrected chi connectivity index (χ0v) is 17.0. The maximum Gasteiger partial charge on any atom is 0.320 e. The summed E-state index contributed by atoms with van der Waals surface area (Å²) < 4.78 is 0. The van der Waals surface area contributed by atoms with E-state index in [1.807, 2.05) is 0 Å². The number of amidine groups is 1. The summed E-state index contributed by atoms with van der Waals surface area (Å²) in [6, 6.07) is -0.506. The number of amides is 2. The lowest BCUT2D eigenvalue weighted by atomic mass is 10.0. The molecular formula is C21H43N3O. The number of carbonyl (C=O) groups is 1. The standard InChI is InChI=1S/C21H43N3O/c1-3-4-5-6-7-8-9-10-11-12-13-14-15-16-17-18-19-24(20(2)22)21(23)25/h22H,3-19H2,1-2H3,(H2,23,25). The highest BCUT2D eigenvalue weighted by atomic mass is 16.2. The fraction of sp³-hybridized carbons (Fsp3) is 0.905. The number of primary amides is 1. The van der Waals surface area contributed by atoms with Crippen molar-refractivity contribution in [3.63, 3.8) is 0 Å². The van der Waals surface area contributed by atoms with Gasteiger partial charge in [-0.2, -0.15) is 0 Å². The van der Waals surface area contributed by atoms with E-state index < -0.39 is 6.03 Å². The predicted octanol–water partition coefficient (Wildman–Crippen LogP) is 6.63. The first-order chi connectivity index (χ1) is 12.1. The number of urea groups is 1. The number of hydrogen-bond acceptors (Lipinski definition) is 2. The monoisotopic (exact) mass is 353 g/mol. The van der Waals surface area contributed by atoms with Crippen LogP contribution in [0.15, 0.2) is 0 Å². The van der Waals surface area contributed by atoms with E-state index >= 15 is 0 Å². The molecule has 25 heavy (non-hydrogen) atoms. The van der Waals surface area contributed by atoms with E-state index in [9.17, 15) is 4.79 Å². The SMILES string of the molecule is CCCCCCCCCCCCCCCCCCN(C(C)=N)C(N)=O. The molecule has 3 N–H and O–H groups in total. The molecule has 0 aromatic heterocycles. The van der Waals surface area contributed by atoms with Gasteiger partial charge in [-0.1, -0.05) is 103 Å². The van der Waals surface area contributed by atoms with Gasteiger partial charge in [-0.25, -0.2) is 4.79 Å². The minimum absolute atomic E-state index is 0.244. The Morgan fingerprint density at radius 3 is 1.32 bits per heavy atom. The fourth-order valence-corrected chi connectivity index (χ4v) is 3.26. The lowest BCUT2D eigenvalue weighted by Gasteiger charge is -2.18. The molecule has 4 heteroatoms. The van der Waals surface area contributed by atoms with Crippen LogP contribution in [-0.4, -0.2) is 23.3 Å². The summed E-state index contributed by atoms with van der Waals surface area (Å²) in [5, 5.41) is 7.50. The molecular weight excluding hydrogens is 310 g/mol. The quantitative estimate of drug-likeness (QED) is 0.172. The van der Waals surface area contributed by atoms with Crippen LogP contribution in [0, 0.1) is 5.41 Å². The number of carbonyl (C=O) groups excluding carboxylic acids is 1. The first-order valence-corrected chi connectivity index (χ1v) is 10.7. The predicted molar refractivity (Wildman–Crippen MR) is 109 cm³/mol. The van der Waals surface area contributed by atoms with Crippen molar-refractivity contribution in [2.24, 2.45) is 5.73 Å². The molecule has 0 rings (SSSR count). The normalized spacial score (nSPS) is 10.8. The summed E-state index contributed by atoms with van der Waals surface area (Å²) in [5.74, 6) is 0.244. The fourth-order valence-electron chi connectivity index (χ4n) is 3.26. The lowest BCUT2D eigenvalue weighted by Crippen LogP contribution is -2.39. The minimum Gasteiger partial charge on any atom is -0.351 e. The highest BCUT2D eigenvalue weighted by Crippen LogP contribution is 2.13. The Morgan fingerprint density at radius 1 is 0.720 bits per heavy atom. The molecule has 0 aliphatic rings. The zero-order chi connectivity index (χ0) is 18.8. The number of nitrogens with two attached hydrogens (primary N) is 1. The second-order valence-corrected chi connectivity index (χ2v) is 7.38. The second kappa shape index (κ2) is 17.8. The molecule has 0 heterocycles. The maximum absolute atomic E-state index is 11.1. The average Bonchev–Trinajstić information content (AvgIpc) is 2.57. The third kappa shape index (κ3) is 16.2. The van der Waals surface area contributed by atoms with Gasteiger partial charge in [-0.15, -0.1) is 0 Å². The van der Waals surface area contributed by atoms with Crippen molar-refractivity contribution in [1.29, 1.82) is 5.41 Å². The Hall–Kier alpha value is -1.06. The van der Waals surface area contributed by atoms with Crippen LogP contribution in [0.1, 0.15) is 117 Å². The third-order valence-electron chi connectivity index (χ3n) is 4.91. The number of nitrogens with one attached hydrogen (secondary N) is 1. The summed E-state index contributed by atoms with van der Waals surface area (Å²) in [7, 11) is 0. The maximum atomic E-state index is 11.1. The van der Waals surface area contributed by atoms with Gasteiger partial charge in [0.15, 0.2) is 0 Å². The van der Waals surface area contributed by atoms with Gasteiger partial charge in [-0.3, -0.25) is 10.3 Å². The van der Waals surface area contributed by atoms with Crippen molar-refractivity contribution in [1.82, 2.24) is 4.90 Å². The van der Waals surface area contributed by atoms with Gasteiger partial charge in [0.1, 0.15) is 5.84 Å². The molecule has 148 valence electrons. The number of unbranched alkanes of at least 4 members (excludes halogenated alkanes) is 15. The molecule has 4 nitrogen and oxygen atoms in total. The Morgan fingerprint density at radius 2 is 1.04 bits per heavy atom. The van der Waals surface area contributed by atoms with Gasteiger partial charge in [0.05, 0.1) is 0 Å². The van der Waals surface area contributed by atoms with Crippen LogP contribution < -0.4 is 5.73 Å². The van der Waals surface area contributed by atoms with E-state index in [0.717, 1.165) is 12.8 Å². The van der Waals surface area contributed by atoms with E-state index in [1.165, 1.54) is 94.8 Å². The number of nitrogens with zero attached hydrogens (tertiary/aromatic N) is 1. The largest absolute Gasteiger partial charge is 0.351 e. The van der Waals surface area contributed by atoms with E-state index in [1.54, 1.807) is 6.92 Å². The van der Waals surface area contributed by atoms with Gasteiger partial charge < -0.3 is 5.73 Å². The molecule has 0 atom stereocenters. The van der Waals surface area contributed by atoms with E-state index in [4.69, 9.17) is 11.1 Å². The molecule has 0 fully saturated rings. The van der Waals surface area contributed by atoms with Crippen LogP contribution in [0.25, 0.3) is 0 Å². The highest BCUT2D eigenvalue weighted by molar-refractivity contribution is 5.93. The summed E-state index contributed by atoms with van der Waals surface area (Å²) in [6.45, 7) is 4.47. The molecule has 0 aromatic carbocycles. The smallest absolute Gasteiger partial charge is 0.320 e. The van der Waals surface area contributed by atoms with Crippen LogP contribution in [0.5, 0.6) is 0 Å². The second-order valence-electron chi connectivity index (χ2n) is 7.38. The van der Waals surface area contributed by atoms with Crippen molar-refractivity contribution in [2.45, 2.75) is 117 Å². The summed E-state index contributed by atoms with van der Waals surface area (Å²) in [5.41, 5.74) is 5.25. The van der Waals surface area contributed by atoms with Crippen LogP contribution in [-0.2, 0) is 0 Å². The molecule has 0 spiro atoms. The van der Waals surface area contributed by atoms with Crippen molar-refractivity contribution >= 4 is 11.9 Å². The zero-order valence-electron chi connectivity index (χ0n) is 17.0. The molecule has 0 saturated heterocycles. The average molecular weight is 354 g/mol. The molecule has 0 aromatic rings. The minimum atomic E-state index is -0.506. The van der Waals surface area contributed by atoms with Gasteiger partial charge in [0.2, 0.25) is 0 Å². The Labute approximate surface area is 156 Å². The molecule has 0 aliphatic heterocycles. The number of rotatable bonds is 17. The van der Waals surface area contributed by atoms with Gasteiger partial charge in [0, 0.05) is 6.54 Å². The van der Waals surface area contributed by atoms with Crippen LogP contribution in [0.2, 0.25) is 0 Å². The van der Waals surface area contributed by atoms with Crippen LogP contribution in [0.3, 0.4) is 0 Å². The molecule has 2 amide bonds. The molecule has 0 radical (unpaired) electrons. The van der Waals surface area contributed by atoms with Gasteiger partial charge in [0.25, 0.3) is 0 Å². The highest BCUT2D eigenvalue weighted by Gasteiger charge is 2.10. The third-order valence-corrected chi connectivity index (χ3v) is 4.91. The van der Waals surface area contributed by atoms with Crippen LogP contribution >= 0.6 is 0 Å². The Bertz CT molecular complexity index is 317. The molecule has 0 saturated carbocycles. The molecule has 0 bridgehead atoms. The van der Waals surface area contributed by atoms with Crippen molar-refractivity contribution in [2.75, 3.05) is 6.54 Å². The Balaban J connectivity index is 3.21. The van der Waals surface area contributed by atoms with E-state index in [2.05, 4.69) is 6.92 Å². The number of hydrogen-bond donors (Lipinski definition) is 2. The first-order valence-electron chi connectivity index (χ1n) is 10.7. The summed E-state index contributed by atoms with van der Waals surface area (Å²) in [4.78, 5) is 12.5. The van der Waals surface area contributed by atoms with Gasteiger partial charge >= 0.3 is 6.03 Å².